The second-order valence-corrected chi connectivity index (χ2v) is 8.45. The van der Waals surface area contributed by atoms with Crippen molar-refractivity contribution in [2.45, 2.75) is 58.9 Å². The smallest absolute Gasteiger partial charge is 0.410 e. The number of methoxy groups -OCH3 is 1. The summed E-state index contributed by atoms with van der Waals surface area (Å²) in [4.78, 5) is 25.3. The van der Waals surface area contributed by atoms with Crippen LogP contribution in [-0.4, -0.2) is 55.0 Å². The Morgan fingerprint density at radius 2 is 1.97 bits per heavy atom. The monoisotopic (exact) mass is 412 g/mol. The van der Waals surface area contributed by atoms with Crippen molar-refractivity contribution in [3.05, 3.63) is 29.1 Å². The number of rotatable bonds is 4. The molecule has 1 amide bonds. The maximum absolute atomic E-state index is 14.8. The second-order valence-electron chi connectivity index (χ2n) is 8.45. The van der Waals surface area contributed by atoms with Gasteiger partial charge in [0, 0.05) is 29.8 Å². The number of likely N-dealkylation sites (tertiary alicyclic amines) is 1. The van der Waals surface area contributed by atoms with Gasteiger partial charge >= 0.3 is 12.1 Å². The number of piperidine rings is 1. The van der Waals surface area contributed by atoms with E-state index in [2.05, 4.69) is 10.1 Å². The molecule has 1 aliphatic heterocycles. The summed E-state index contributed by atoms with van der Waals surface area (Å²) in [6.07, 6.45) is -1.34. The summed E-state index contributed by atoms with van der Waals surface area (Å²) in [6, 6.07) is 2.29. The van der Waals surface area contributed by atoms with Crippen LogP contribution in [0.5, 0.6) is 0 Å². The number of halogens is 2. The highest BCUT2D eigenvalue weighted by atomic mass is 19.1. The van der Waals surface area contributed by atoms with E-state index in [1.54, 1.807) is 27.7 Å². The Hall–Kier alpha value is -2.38. The molecule has 1 aromatic rings. The number of carbonyl (C=O) groups is 2. The minimum absolute atomic E-state index is 0.0544. The molecular weight excluding hydrogens is 382 g/mol. The summed E-state index contributed by atoms with van der Waals surface area (Å²) < 4.78 is 39.0. The van der Waals surface area contributed by atoms with Gasteiger partial charge in [0.15, 0.2) is 0 Å². The van der Waals surface area contributed by atoms with Gasteiger partial charge in [-0.2, -0.15) is 0 Å². The molecule has 1 fully saturated rings. The Morgan fingerprint density at radius 1 is 1.31 bits per heavy atom. The van der Waals surface area contributed by atoms with Gasteiger partial charge in [0.2, 0.25) is 0 Å². The maximum Gasteiger partial charge on any atom is 0.410 e. The minimum atomic E-state index is -1.26. The van der Waals surface area contributed by atoms with Gasteiger partial charge in [-0.15, -0.1) is 0 Å². The molecular formula is C21H30F2N2O4. The first-order chi connectivity index (χ1) is 13.4. The average molecular weight is 412 g/mol. The largest absolute Gasteiger partial charge is 0.465 e. The van der Waals surface area contributed by atoms with Crippen molar-refractivity contribution in [3.8, 4) is 0 Å². The molecule has 3 atom stereocenters. The van der Waals surface area contributed by atoms with Crippen molar-refractivity contribution >= 4 is 17.7 Å². The van der Waals surface area contributed by atoms with Crippen LogP contribution in [0.3, 0.4) is 0 Å². The van der Waals surface area contributed by atoms with Crippen molar-refractivity contribution < 1.29 is 27.8 Å². The zero-order valence-electron chi connectivity index (χ0n) is 17.8. The molecule has 1 heterocycles. The van der Waals surface area contributed by atoms with Crippen LogP contribution >= 0.6 is 0 Å². The maximum atomic E-state index is 14.8. The predicted molar refractivity (Wildman–Crippen MR) is 106 cm³/mol. The van der Waals surface area contributed by atoms with Gasteiger partial charge in [0.1, 0.15) is 17.6 Å². The summed E-state index contributed by atoms with van der Waals surface area (Å²) in [6.45, 7) is 9.01. The zero-order chi connectivity index (χ0) is 21.9. The molecule has 162 valence electrons. The third kappa shape index (κ3) is 5.81. The topological polar surface area (TPSA) is 67.9 Å². The lowest BCUT2D eigenvalue weighted by atomic mass is 9.88. The number of nitrogens with one attached hydrogen (secondary N) is 1. The van der Waals surface area contributed by atoms with E-state index in [0.717, 1.165) is 6.07 Å². The molecule has 0 bridgehead atoms. The van der Waals surface area contributed by atoms with Crippen molar-refractivity contribution in [2.24, 2.45) is 5.92 Å². The number of esters is 1. The highest BCUT2D eigenvalue weighted by molar-refractivity contribution is 5.90. The molecule has 0 unspecified atom stereocenters. The van der Waals surface area contributed by atoms with E-state index >= 15 is 0 Å². The van der Waals surface area contributed by atoms with Gasteiger partial charge in [0.05, 0.1) is 19.2 Å². The molecule has 0 saturated carbocycles. The van der Waals surface area contributed by atoms with Crippen LogP contribution < -0.4 is 5.32 Å². The average Bonchev–Trinajstić information content (AvgIpc) is 2.62. The molecule has 6 nitrogen and oxygen atoms in total. The van der Waals surface area contributed by atoms with Crippen LogP contribution in [0.25, 0.3) is 0 Å². The predicted octanol–water partition coefficient (Wildman–Crippen LogP) is 4.32. The summed E-state index contributed by atoms with van der Waals surface area (Å²) in [5.41, 5.74) is 0.202. The fraction of sp³-hybridized carbons (Fsp3) is 0.619. The Labute approximate surface area is 170 Å². The fourth-order valence-electron chi connectivity index (χ4n) is 3.40. The number of benzene rings is 1. The standard InChI is InChI=1S/C21H30F2N2O4/c1-12-16(22)9-14(19(26)28-6)10-18(12)24-13(2)15-7-8-25(11-17(15)23)20(27)29-21(3,4)5/h9-10,13,15,17,24H,7-8,11H2,1-6H3/t13-,15+,17+/m0/s1. The first-order valence-corrected chi connectivity index (χ1v) is 9.70. The van der Waals surface area contributed by atoms with Gasteiger partial charge in [-0.1, -0.05) is 0 Å². The molecule has 29 heavy (non-hydrogen) atoms. The summed E-state index contributed by atoms with van der Waals surface area (Å²) in [5.74, 6) is -1.56. The lowest BCUT2D eigenvalue weighted by Gasteiger charge is -2.38. The summed E-state index contributed by atoms with van der Waals surface area (Å²) >= 11 is 0. The Bertz CT molecular complexity index is 764. The van der Waals surface area contributed by atoms with Crippen LogP contribution in [0.1, 0.15) is 50.0 Å². The molecule has 1 aliphatic rings. The van der Waals surface area contributed by atoms with Gasteiger partial charge in [-0.3, -0.25) is 0 Å². The second kappa shape index (κ2) is 8.97. The van der Waals surface area contributed by atoms with Crippen molar-refractivity contribution in [3.63, 3.8) is 0 Å². The quantitative estimate of drug-likeness (QED) is 0.746. The fourth-order valence-corrected chi connectivity index (χ4v) is 3.40. The molecule has 0 aliphatic carbocycles. The van der Waals surface area contributed by atoms with E-state index in [4.69, 9.17) is 4.74 Å². The molecule has 1 N–H and O–H groups in total. The summed E-state index contributed by atoms with van der Waals surface area (Å²) in [7, 11) is 1.22. The van der Waals surface area contributed by atoms with Gasteiger partial charge in [-0.05, 0) is 53.2 Å². The van der Waals surface area contributed by atoms with E-state index < -0.39 is 29.7 Å². The third-order valence-electron chi connectivity index (χ3n) is 5.03. The highest BCUT2D eigenvalue weighted by Crippen LogP contribution is 2.29. The Morgan fingerprint density at radius 3 is 2.52 bits per heavy atom. The van der Waals surface area contributed by atoms with Gasteiger partial charge in [-0.25, -0.2) is 18.4 Å². The first kappa shape index (κ1) is 22.9. The van der Waals surface area contributed by atoms with E-state index in [9.17, 15) is 18.4 Å². The van der Waals surface area contributed by atoms with Crippen LogP contribution in [0, 0.1) is 18.7 Å². The van der Waals surface area contributed by atoms with Crippen LogP contribution in [-0.2, 0) is 9.47 Å². The van der Waals surface area contributed by atoms with E-state index in [1.807, 2.05) is 6.92 Å². The van der Waals surface area contributed by atoms with Gasteiger partial charge in [0.25, 0.3) is 0 Å². The highest BCUT2D eigenvalue weighted by Gasteiger charge is 2.36. The number of nitrogens with zero attached hydrogens (tertiary/aromatic N) is 1. The molecule has 0 radical (unpaired) electrons. The Balaban J connectivity index is 2.07. The lowest BCUT2D eigenvalue weighted by molar-refractivity contribution is 0.00410. The third-order valence-corrected chi connectivity index (χ3v) is 5.03. The molecule has 0 aromatic heterocycles. The van der Waals surface area contributed by atoms with Crippen molar-refractivity contribution in [1.29, 1.82) is 0 Å². The number of ether oxygens (including phenoxy) is 2. The number of carbonyl (C=O) groups excluding carboxylic acids is 2. The normalized spacial score (nSPS) is 20.8. The Kier molecular flexibility index (Phi) is 7.08. The molecule has 2 rings (SSSR count). The van der Waals surface area contributed by atoms with Crippen LogP contribution in [0.15, 0.2) is 12.1 Å². The van der Waals surface area contributed by atoms with Crippen molar-refractivity contribution in [1.82, 2.24) is 4.90 Å². The lowest BCUT2D eigenvalue weighted by Crippen LogP contribution is -2.50. The number of amides is 1. The molecule has 0 spiro atoms. The molecule has 1 aromatic carbocycles. The SMILES string of the molecule is COC(=O)c1cc(F)c(C)c(N[C@@H](C)[C@H]2CCN(C(=O)OC(C)(C)C)C[C@H]2F)c1. The van der Waals surface area contributed by atoms with Crippen molar-refractivity contribution in [2.75, 3.05) is 25.5 Å². The van der Waals surface area contributed by atoms with Gasteiger partial charge < -0.3 is 19.7 Å². The minimum Gasteiger partial charge on any atom is -0.465 e. The molecule has 1 saturated heterocycles. The summed E-state index contributed by atoms with van der Waals surface area (Å²) in [5, 5.41) is 3.13. The first-order valence-electron chi connectivity index (χ1n) is 9.70. The molecule has 8 heteroatoms. The number of hydrogen-bond acceptors (Lipinski definition) is 5. The van der Waals surface area contributed by atoms with E-state index in [0.29, 0.717) is 24.2 Å². The van der Waals surface area contributed by atoms with Crippen LogP contribution in [0.2, 0.25) is 0 Å². The van der Waals surface area contributed by atoms with Crippen LogP contribution in [0.4, 0.5) is 19.3 Å². The number of hydrogen-bond donors (Lipinski definition) is 1. The number of alkyl halides is 1. The van der Waals surface area contributed by atoms with E-state index in [1.165, 1.54) is 18.1 Å². The zero-order valence-corrected chi connectivity index (χ0v) is 17.8. The van der Waals surface area contributed by atoms with E-state index in [-0.39, 0.29) is 24.1 Å². The number of anilines is 1.